The standard InChI is InChI=1S/C22H25N3O4S/c1-16-4-9-21(14-17(16)2)30(27,28)25-12-10-24(11-13-25)22(26)18(3)29-20-7-5-19(15-23)6-8-20/h4-9,14,18H,10-13H2,1-3H3. The van der Waals surface area contributed by atoms with Crippen molar-refractivity contribution in [1.82, 2.24) is 9.21 Å². The first kappa shape index (κ1) is 21.8. The molecule has 2 aromatic rings. The smallest absolute Gasteiger partial charge is 0.263 e. The number of hydrogen-bond acceptors (Lipinski definition) is 5. The second-order valence-electron chi connectivity index (χ2n) is 7.37. The van der Waals surface area contributed by atoms with Crippen molar-refractivity contribution in [2.45, 2.75) is 31.8 Å². The molecule has 0 spiro atoms. The number of nitriles is 1. The largest absolute Gasteiger partial charge is 0.481 e. The van der Waals surface area contributed by atoms with Gasteiger partial charge in [0.05, 0.1) is 16.5 Å². The van der Waals surface area contributed by atoms with Crippen LogP contribution in [0.5, 0.6) is 5.75 Å². The topological polar surface area (TPSA) is 90.7 Å². The number of amides is 1. The summed E-state index contributed by atoms with van der Waals surface area (Å²) in [6, 6.07) is 13.7. The van der Waals surface area contributed by atoms with Gasteiger partial charge in [-0.25, -0.2) is 8.42 Å². The lowest BCUT2D eigenvalue weighted by molar-refractivity contribution is -0.139. The lowest BCUT2D eigenvalue weighted by Gasteiger charge is -2.35. The number of benzene rings is 2. The van der Waals surface area contributed by atoms with Crippen molar-refractivity contribution in [3.63, 3.8) is 0 Å². The molecule has 1 unspecified atom stereocenters. The second-order valence-corrected chi connectivity index (χ2v) is 9.31. The van der Waals surface area contributed by atoms with Gasteiger partial charge >= 0.3 is 0 Å². The van der Waals surface area contributed by atoms with Crippen LogP contribution in [0.1, 0.15) is 23.6 Å². The highest BCUT2D eigenvalue weighted by Crippen LogP contribution is 2.21. The van der Waals surface area contributed by atoms with Crippen LogP contribution in [0.4, 0.5) is 0 Å². The number of carbonyl (C=O) groups excluding carboxylic acids is 1. The molecule has 0 radical (unpaired) electrons. The van der Waals surface area contributed by atoms with E-state index in [1.54, 1.807) is 48.2 Å². The minimum atomic E-state index is -3.59. The van der Waals surface area contributed by atoms with Gasteiger partial charge in [-0.2, -0.15) is 9.57 Å². The third-order valence-corrected chi connectivity index (χ3v) is 7.21. The Hall–Kier alpha value is -2.89. The molecule has 1 saturated heterocycles. The van der Waals surface area contributed by atoms with Gasteiger partial charge in [-0.15, -0.1) is 0 Å². The number of ether oxygens (including phenoxy) is 1. The van der Waals surface area contributed by atoms with Gasteiger partial charge < -0.3 is 9.64 Å². The molecule has 1 aliphatic heterocycles. The molecule has 8 heteroatoms. The first-order valence-electron chi connectivity index (χ1n) is 9.75. The van der Waals surface area contributed by atoms with Gasteiger partial charge in [-0.05, 0) is 68.3 Å². The van der Waals surface area contributed by atoms with Gasteiger partial charge in [0.25, 0.3) is 5.91 Å². The van der Waals surface area contributed by atoms with Crippen molar-refractivity contribution in [2.75, 3.05) is 26.2 Å². The summed E-state index contributed by atoms with van der Waals surface area (Å²) in [6.45, 7) is 6.60. The van der Waals surface area contributed by atoms with Crippen LogP contribution in [-0.4, -0.2) is 55.8 Å². The van der Waals surface area contributed by atoms with E-state index in [2.05, 4.69) is 0 Å². The summed E-state index contributed by atoms with van der Waals surface area (Å²) in [5.74, 6) is 0.313. The van der Waals surface area contributed by atoms with E-state index in [4.69, 9.17) is 10.00 Å². The molecule has 0 bridgehead atoms. The Balaban J connectivity index is 1.60. The Morgan fingerprint density at radius 1 is 1.03 bits per heavy atom. The van der Waals surface area contributed by atoms with Gasteiger partial charge in [0.2, 0.25) is 10.0 Å². The lowest BCUT2D eigenvalue weighted by atomic mass is 10.1. The highest BCUT2D eigenvalue weighted by atomic mass is 32.2. The quantitative estimate of drug-likeness (QED) is 0.731. The molecule has 30 heavy (non-hydrogen) atoms. The zero-order chi connectivity index (χ0) is 21.9. The zero-order valence-corrected chi connectivity index (χ0v) is 18.1. The summed E-state index contributed by atoms with van der Waals surface area (Å²) in [5.41, 5.74) is 2.49. The molecule has 0 aliphatic carbocycles. The number of aryl methyl sites for hydroxylation is 2. The summed E-state index contributed by atoms with van der Waals surface area (Å²) in [7, 11) is -3.59. The Labute approximate surface area is 177 Å². The molecule has 1 amide bonds. The molecular formula is C22H25N3O4S. The Morgan fingerprint density at radius 2 is 1.67 bits per heavy atom. The monoisotopic (exact) mass is 427 g/mol. The molecule has 1 aliphatic rings. The second kappa shape index (κ2) is 8.86. The Kier molecular flexibility index (Phi) is 6.44. The number of nitrogens with zero attached hydrogens (tertiary/aromatic N) is 3. The van der Waals surface area contributed by atoms with E-state index in [1.165, 1.54) is 4.31 Å². The van der Waals surface area contributed by atoms with Crippen LogP contribution in [0, 0.1) is 25.2 Å². The normalized spacial score (nSPS) is 16.0. The van der Waals surface area contributed by atoms with Gasteiger partial charge in [-0.1, -0.05) is 6.07 Å². The predicted octanol–water partition coefficient (Wildman–Crippen LogP) is 2.48. The van der Waals surface area contributed by atoms with Gasteiger partial charge in [-0.3, -0.25) is 4.79 Å². The average molecular weight is 428 g/mol. The van der Waals surface area contributed by atoms with E-state index in [9.17, 15) is 13.2 Å². The fourth-order valence-corrected chi connectivity index (χ4v) is 4.80. The van der Waals surface area contributed by atoms with Crippen LogP contribution < -0.4 is 4.74 Å². The summed E-state index contributed by atoms with van der Waals surface area (Å²) < 4.78 is 33.0. The third-order valence-electron chi connectivity index (χ3n) is 5.31. The number of sulfonamides is 1. The third kappa shape index (κ3) is 4.64. The SMILES string of the molecule is Cc1ccc(S(=O)(=O)N2CCN(C(=O)C(C)Oc3ccc(C#N)cc3)CC2)cc1C. The van der Waals surface area contributed by atoms with Crippen molar-refractivity contribution in [3.8, 4) is 11.8 Å². The van der Waals surface area contributed by atoms with E-state index >= 15 is 0 Å². The number of hydrogen-bond donors (Lipinski definition) is 0. The molecule has 3 rings (SSSR count). The highest BCUT2D eigenvalue weighted by Gasteiger charge is 2.32. The summed E-state index contributed by atoms with van der Waals surface area (Å²) in [4.78, 5) is 14.6. The van der Waals surface area contributed by atoms with Crippen LogP contribution in [-0.2, 0) is 14.8 Å². The maximum atomic E-state index is 12.9. The molecule has 1 atom stereocenters. The van der Waals surface area contributed by atoms with Crippen molar-refractivity contribution in [3.05, 3.63) is 59.2 Å². The number of carbonyl (C=O) groups is 1. The van der Waals surface area contributed by atoms with Crippen LogP contribution >= 0.6 is 0 Å². The van der Waals surface area contributed by atoms with Crippen LogP contribution in [0.2, 0.25) is 0 Å². The van der Waals surface area contributed by atoms with Gasteiger partial charge in [0, 0.05) is 26.2 Å². The van der Waals surface area contributed by atoms with Gasteiger partial charge in [0.1, 0.15) is 5.75 Å². The van der Waals surface area contributed by atoms with Crippen molar-refractivity contribution >= 4 is 15.9 Å². The number of rotatable bonds is 5. The van der Waals surface area contributed by atoms with E-state index in [0.717, 1.165) is 11.1 Å². The molecule has 0 N–H and O–H groups in total. The highest BCUT2D eigenvalue weighted by molar-refractivity contribution is 7.89. The molecule has 2 aromatic carbocycles. The molecule has 1 fully saturated rings. The zero-order valence-electron chi connectivity index (χ0n) is 17.3. The van der Waals surface area contributed by atoms with Crippen molar-refractivity contribution in [1.29, 1.82) is 5.26 Å². The Morgan fingerprint density at radius 3 is 2.23 bits per heavy atom. The minimum absolute atomic E-state index is 0.192. The fourth-order valence-electron chi connectivity index (χ4n) is 3.29. The lowest BCUT2D eigenvalue weighted by Crippen LogP contribution is -2.53. The Bertz CT molecular complexity index is 1070. The van der Waals surface area contributed by atoms with E-state index in [-0.39, 0.29) is 23.9 Å². The van der Waals surface area contributed by atoms with Crippen LogP contribution in [0.25, 0.3) is 0 Å². The summed E-state index contributed by atoms with van der Waals surface area (Å²) >= 11 is 0. The summed E-state index contributed by atoms with van der Waals surface area (Å²) in [5, 5.41) is 8.85. The van der Waals surface area contributed by atoms with E-state index in [0.29, 0.717) is 24.4 Å². The van der Waals surface area contributed by atoms with Crippen molar-refractivity contribution < 1.29 is 17.9 Å². The van der Waals surface area contributed by atoms with E-state index < -0.39 is 16.1 Å². The van der Waals surface area contributed by atoms with Crippen LogP contribution in [0.3, 0.4) is 0 Å². The average Bonchev–Trinajstić information content (AvgIpc) is 2.75. The first-order chi connectivity index (χ1) is 14.2. The van der Waals surface area contributed by atoms with Crippen molar-refractivity contribution in [2.24, 2.45) is 0 Å². The molecule has 1 heterocycles. The van der Waals surface area contributed by atoms with Crippen LogP contribution in [0.15, 0.2) is 47.4 Å². The molecular weight excluding hydrogens is 402 g/mol. The molecule has 0 aromatic heterocycles. The first-order valence-corrected chi connectivity index (χ1v) is 11.2. The predicted molar refractivity (Wildman–Crippen MR) is 113 cm³/mol. The summed E-state index contributed by atoms with van der Waals surface area (Å²) in [6.07, 6.45) is -0.708. The maximum Gasteiger partial charge on any atom is 0.263 e. The molecule has 0 saturated carbocycles. The van der Waals surface area contributed by atoms with Gasteiger partial charge in [0.15, 0.2) is 6.10 Å². The molecule has 7 nitrogen and oxygen atoms in total. The fraction of sp³-hybridized carbons (Fsp3) is 0.364. The minimum Gasteiger partial charge on any atom is -0.481 e. The maximum absolute atomic E-state index is 12.9. The number of piperazine rings is 1. The molecule has 158 valence electrons. The van der Waals surface area contributed by atoms with E-state index in [1.807, 2.05) is 26.0 Å².